The Morgan fingerprint density at radius 1 is 1.50 bits per heavy atom. The molecule has 4 nitrogen and oxygen atoms in total. The van der Waals surface area contributed by atoms with Crippen LogP contribution in [0.3, 0.4) is 0 Å². The van der Waals surface area contributed by atoms with Gasteiger partial charge < -0.3 is 4.74 Å². The summed E-state index contributed by atoms with van der Waals surface area (Å²) in [5.74, 6) is -1.12. The lowest BCUT2D eigenvalue weighted by atomic mass is 9.89. The number of carbonyl (C=O) groups is 1. The average molecular weight is 230 g/mol. The zero-order chi connectivity index (χ0) is 12.3. The molecule has 0 atom stereocenters. The van der Waals surface area contributed by atoms with Crippen molar-refractivity contribution in [2.24, 2.45) is 0 Å². The van der Waals surface area contributed by atoms with E-state index >= 15 is 0 Å². The molecule has 1 aromatic heterocycles. The number of rotatable bonds is 3. The summed E-state index contributed by atoms with van der Waals surface area (Å²) in [6.45, 7) is 3.10. The Balaban J connectivity index is 3.13. The molecule has 0 saturated heterocycles. The second-order valence-corrected chi connectivity index (χ2v) is 3.72. The van der Waals surface area contributed by atoms with Gasteiger partial charge in [-0.05, 0) is 19.9 Å². The van der Waals surface area contributed by atoms with Crippen molar-refractivity contribution in [1.82, 2.24) is 9.97 Å². The number of hydrogen-bond acceptors (Lipinski definition) is 4. The van der Waals surface area contributed by atoms with Crippen LogP contribution in [0.1, 0.15) is 31.8 Å². The SMILES string of the molecule is COC(=O)C(C)(C)c1ccnc(C(F)F)n1. The molecule has 0 aliphatic heterocycles. The van der Waals surface area contributed by atoms with Crippen molar-refractivity contribution in [3.63, 3.8) is 0 Å². The molecule has 0 spiro atoms. The molecule has 0 amide bonds. The van der Waals surface area contributed by atoms with Crippen LogP contribution in [-0.2, 0) is 14.9 Å². The first-order valence-corrected chi connectivity index (χ1v) is 4.59. The topological polar surface area (TPSA) is 52.1 Å². The number of alkyl halides is 2. The predicted molar refractivity (Wildman–Crippen MR) is 52.0 cm³/mol. The first kappa shape index (κ1) is 12.5. The lowest BCUT2D eigenvalue weighted by Gasteiger charge is -2.20. The highest BCUT2D eigenvalue weighted by Crippen LogP contribution is 2.24. The van der Waals surface area contributed by atoms with Crippen molar-refractivity contribution >= 4 is 5.97 Å². The Morgan fingerprint density at radius 2 is 2.12 bits per heavy atom. The zero-order valence-corrected chi connectivity index (χ0v) is 9.20. The average Bonchev–Trinajstić information content (AvgIpc) is 2.28. The molecular weight excluding hydrogens is 218 g/mol. The van der Waals surface area contributed by atoms with E-state index in [9.17, 15) is 13.6 Å². The number of hydrogen-bond donors (Lipinski definition) is 0. The molecule has 0 aliphatic rings. The number of ether oxygens (including phenoxy) is 1. The molecule has 0 fully saturated rings. The third-order valence-electron chi connectivity index (χ3n) is 2.21. The van der Waals surface area contributed by atoms with E-state index in [2.05, 4.69) is 14.7 Å². The van der Waals surface area contributed by atoms with Gasteiger partial charge in [-0.3, -0.25) is 4.79 Å². The van der Waals surface area contributed by atoms with Gasteiger partial charge in [0, 0.05) is 6.20 Å². The monoisotopic (exact) mass is 230 g/mol. The molecule has 6 heteroatoms. The van der Waals surface area contributed by atoms with Gasteiger partial charge in [0.05, 0.1) is 12.8 Å². The zero-order valence-electron chi connectivity index (χ0n) is 9.20. The lowest BCUT2D eigenvalue weighted by Crippen LogP contribution is -2.31. The van der Waals surface area contributed by atoms with Crippen LogP contribution >= 0.6 is 0 Å². The molecule has 0 bridgehead atoms. The lowest BCUT2D eigenvalue weighted by molar-refractivity contribution is -0.146. The second-order valence-electron chi connectivity index (χ2n) is 3.72. The molecule has 1 rings (SSSR count). The Morgan fingerprint density at radius 3 is 2.62 bits per heavy atom. The van der Waals surface area contributed by atoms with Crippen LogP contribution in [0.4, 0.5) is 8.78 Å². The molecule has 88 valence electrons. The summed E-state index contributed by atoms with van der Waals surface area (Å²) >= 11 is 0. The highest BCUT2D eigenvalue weighted by atomic mass is 19.3. The summed E-state index contributed by atoms with van der Waals surface area (Å²) in [6, 6.07) is 1.42. The van der Waals surface area contributed by atoms with Crippen LogP contribution in [0.5, 0.6) is 0 Å². The van der Waals surface area contributed by atoms with Gasteiger partial charge in [0.2, 0.25) is 0 Å². The van der Waals surface area contributed by atoms with Crippen molar-refractivity contribution in [2.75, 3.05) is 7.11 Å². The van der Waals surface area contributed by atoms with Crippen molar-refractivity contribution in [3.8, 4) is 0 Å². The van der Waals surface area contributed by atoms with Crippen molar-refractivity contribution in [3.05, 3.63) is 23.8 Å². The first-order valence-electron chi connectivity index (χ1n) is 4.59. The molecule has 16 heavy (non-hydrogen) atoms. The number of methoxy groups -OCH3 is 1. The highest BCUT2D eigenvalue weighted by molar-refractivity contribution is 5.81. The molecule has 0 aliphatic carbocycles. The third-order valence-corrected chi connectivity index (χ3v) is 2.21. The molecule has 0 N–H and O–H groups in total. The summed E-state index contributed by atoms with van der Waals surface area (Å²) in [7, 11) is 1.24. The third kappa shape index (κ3) is 2.32. The maximum atomic E-state index is 12.4. The van der Waals surface area contributed by atoms with Crippen molar-refractivity contribution < 1.29 is 18.3 Å². The van der Waals surface area contributed by atoms with E-state index in [4.69, 9.17) is 0 Å². The van der Waals surface area contributed by atoms with E-state index < -0.39 is 23.6 Å². The second kappa shape index (κ2) is 4.51. The fourth-order valence-corrected chi connectivity index (χ4v) is 1.19. The molecule has 0 saturated carbocycles. The number of esters is 1. The molecular formula is C10H12F2N2O2. The quantitative estimate of drug-likeness (QED) is 0.744. The highest BCUT2D eigenvalue weighted by Gasteiger charge is 2.33. The summed E-state index contributed by atoms with van der Waals surface area (Å²) in [5.41, 5.74) is -0.855. The summed E-state index contributed by atoms with van der Waals surface area (Å²) in [5, 5.41) is 0. The minimum absolute atomic E-state index is 0.213. The molecule has 0 aromatic carbocycles. The van der Waals surface area contributed by atoms with Crippen molar-refractivity contribution in [1.29, 1.82) is 0 Å². The van der Waals surface area contributed by atoms with Gasteiger partial charge in [-0.2, -0.15) is 0 Å². The minimum Gasteiger partial charge on any atom is -0.468 e. The van der Waals surface area contributed by atoms with Gasteiger partial charge in [-0.1, -0.05) is 0 Å². The minimum atomic E-state index is -2.76. The fourth-order valence-electron chi connectivity index (χ4n) is 1.19. The number of nitrogens with zero attached hydrogens (tertiary/aromatic N) is 2. The standard InChI is InChI=1S/C10H12F2N2O2/c1-10(2,9(15)16-3)6-4-5-13-8(14-6)7(11)12/h4-5,7H,1-3H3. The van der Waals surface area contributed by atoms with Crippen LogP contribution in [0.15, 0.2) is 12.3 Å². The van der Waals surface area contributed by atoms with E-state index in [1.165, 1.54) is 19.4 Å². The van der Waals surface area contributed by atoms with Gasteiger partial charge in [-0.25, -0.2) is 18.7 Å². The van der Waals surface area contributed by atoms with E-state index in [1.54, 1.807) is 13.8 Å². The van der Waals surface area contributed by atoms with E-state index in [-0.39, 0.29) is 5.69 Å². The first-order chi connectivity index (χ1) is 7.39. The van der Waals surface area contributed by atoms with E-state index in [0.717, 1.165) is 0 Å². The van der Waals surface area contributed by atoms with Gasteiger partial charge >= 0.3 is 5.97 Å². The van der Waals surface area contributed by atoms with Crippen LogP contribution in [0.25, 0.3) is 0 Å². The molecule has 1 heterocycles. The number of carbonyl (C=O) groups excluding carboxylic acids is 1. The normalized spacial score (nSPS) is 11.6. The predicted octanol–water partition coefficient (Wildman–Crippen LogP) is 1.86. The Kier molecular flexibility index (Phi) is 3.51. The Hall–Kier alpha value is -1.59. The van der Waals surface area contributed by atoms with Gasteiger partial charge in [-0.15, -0.1) is 0 Å². The van der Waals surface area contributed by atoms with Gasteiger partial charge in [0.15, 0.2) is 5.82 Å². The van der Waals surface area contributed by atoms with E-state index in [1.807, 2.05) is 0 Å². The maximum Gasteiger partial charge on any atom is 0.317 e. The van der Waals surface area contributed by atoms with Crippen LogP contribution in [0.2, 0.25) is 0 Å². The van der Waals surface area contributed by atoms with Gasteiger partial charge in [0.1, 0.15) is 5.41 Å². The smallest absolute Gasteiger partial charge is 0.317 e. The molecule has 1 aromatic rings. The van der Waals surface area contributed by atoms with Crippen LogP contribution < -0.4 is 0 Å². The number of aromatic nitrogens is 2. The largest absolute Gasteiger partial charge is 0.468 e. The summed E-state index contributed by atoms with van der Waals surface area (Å²) < 4.78 is 29.3. The van der Waals surface area contributed by atoms with Crippen molar-refractivity contribution in [2.45, 2.75) is 25.7 Å². The molecule has 0 radical (unpaired) electrons. The summed E-state index contributed by atoms with van der Waals surface area (Å²) in [4.78, 5) is 18.5. The number of halogens is 2. The maximum absolute atomic E-state index is 12.4. The summed E-state index contributed by atoms with van der Waals surface area (Å²) in [6.07, 6.45) is -1.55. The van der Waals surface area contributed by atoms with E-state index in [0.29, 0.717) is 0 Å². The Bertz CT molecular complexity index is 394. The fraction of sp³-hybridized carbons (Fsp3) is 0.500. The van der Waals surface area contributed by atoms with Crippen LogP contribution in [-0.4, -0.2) is 23.0 Å². The van der Waals surface area contributed by atoms with Crippen LogP contribution in [0, 0.1) is 0 Å². The Labute approximate surface area is 91.7 Å². The molecule has 0 unspecified atom stereocenters. The van der Waals surface area contributed by atoms with Gasteiger partial charge in [0.25, 0.3) is 6.43 Å².